The van der Waals surface area contributed by atoms with E-state index in [1.54, 1.807) is 6.33 Å². The van der Waals surface area contributed by atoms with Crippen molar-refractivity contribution < 1.29 is 0 Å². The molecule has 0 bridgehead atoms. The van der Waals surface area contributed by atoms with Gasteiger partial charge in [-0.05, 0) is 18.6 Å². The van der Waals surface area contributed by atoms with Gasteiger partial charge in [-0.1, -0.05) is 43.5 Å². The lowest BCUT2D eigenvalue weighted by molar-refractivity contribution is 0.742. The number of nitrogens with zero attached hydrogens (tertiary/aromatic N) is 2. The zero-order chi connectivity index (χ0) is 14.2. The highest BCUT2D eigenvalue weighted by atomic mass is 35.5. The van der Waals surface area contributed by atoms with Crippen molar-refractivity contribution in [2.75, 3.05) is 17.2 Å². The van der Waals surface area contributed by atoms with E-state index in [9.17, 15) is 0 Å². The van der Waals surface area contributed by atoms with E-state index in [0.29, 0.717) is 5.02 Å². The van der Waals surface area contributed by atoms with Gasteiger partial charge in [-0.2, -0.15) is 0 Å². The summed E-state index contributed by atoms with van der Waals surface area (Å²) in [7, 11) is 0. The van der Waals surface area contributed by atoms with E-state index in [-0.39, 0.29) is 0 Å². The summed E-state index contributed by atoms with van der Waals surface area (Å²) >= 11 is 6.11. The van der Waals surface area contributed by atoms with Crippen molar-refractivity contribution in [3.8, 4) is 0 Å². The zero-order valence-electron chi connectivity index (χ0n) is 11.6. The lowest BCUT2D eigenvalue weighted by atomic mass is 10.2. The van der Waals surface area contributed by atoms with Gasteiger partial charge in [0, 0.05) is 12.6 Å². The molecular weight excluding hydrogens is 272 g/mol. The summed E-state index contributed by atoms with van der Waals surface area (Å²) in [6, 6.07) is 9.47. The number of halogens is 1. The second-order valence-corrected chi connectivity index (χ2v) is 4.93. The number of anilines is 3. The Balaban J connectivity index is 1.97. The Labute approximate surface area is 124 Å². The van der Waals surface area contributed by atoms with E-state index < -0.39 is 0 Å². The van der Waals surface area contributed by atoms with E-state index in [2.05, 4.69) is 27.5 Å². The minimum absolute atomic E-state index is 0.670. The molecule has 0 amide bonds. The fourth-order valence-electron chi connectivity index (χ4n) is 1.81. The van der Waals surface area contributed by atoms with Crippen molar-refractivity contribution in [3.05, 3.63) is 41.7 Å². The van der Waals surface area contributed by atoms with Crippen LogP contribution in [0.1, 0.15) is 26.2 Å². The first-order valence-corrected chi connectivity index (χ1v) is 7.25. The Bertz CT molecular complexity index is 545. The molecule has 1 heterocycles. The maximum Gasteiger partial charge on any atom is 0.135 e. The first-order chi connectivity index (χ1) is 9.79. The quantitative estimate of drug-likeness (QED) is 0.738. The molecule has 5 heteroatoms. The molecule has 20 heavy (non-hydrogen) atoms. The Hall–Kier alpha value is -1.81. The minimum atomic E-state index is 0.670. The maximum atomic E-state index is 6.11. The zero-order valence-corrected chi connectivity index (χ0v) is 12.3. The first-order valence-electron chi connectivity index (χ1n) is 6.87. The molecule has 0 atom stereocenters. The van der Waals surface area contributed by atoms with E-state index >= 15 is 0 Å². The molecule has 1 aromatic carbocycles. The van der Waals surface area contributed by atoms with Crippen molar-refractivity contribution in [3.63, 3.8) is 0 Å². The molecule has 0 saturated carbocycles. The third-order valence-corrected chi connectivity index (χ3v) is 3.22. The van der Waals surface area contributed by atoms with Crippen LogP contribution >= 0.6 is 11.6 Å². The molecule has 1 aromatic heterocycles. The number of benzene rings is 1. The lowest BCUT2D eigenvalue weighted by Crippen LogP contribution is -2.04. The summed E-state index contributed by atoms with van der Waals surface area (Å²) in [6.45, 7) is 3.12. The van der Waals surface area contributed by atoms with Gasteiger partial charge in [0.15, 0.2) is 0 Å². The standard InChI is InChI=1S/C15H19ClN4/c1-2-3-6-9-17-14-10-15(19-11-18-14)20-13-8-5-4-7-12(13)16/h4-5,7-8,10-11H,2-3,6,9H2,1H3,(H2,17,18,19,20). The van der Waals surface area contributed by atoms with E-state index in [1.807, 2.05) is 30.3 Å². The Kier molecular flexibility index (Phi) is 5.62. The van der Waals surface area contributed by atoms with Gasteiger partial charge in [0.1, 0.15) is 18.0 Å². The van der Waals surface area contributed by atoms with E-state index in [4.69, 9.17) is 11.6 Å². The molecule has 2 rings (SSSR count). The number of rotatable bonds is 7. The fraction of sp³-hybridized carbons (Fsp3) is 0.333. The highest BCUT2D eigenvalue weighted by molar-refractivity contribution is 6.33. The minimum Gasteiger partial charge on any atom is -0.370 e. The van der Waals surface area contributed by atoms with Crippen LogP contribution in [0.2, 0.25) is 5.02 Å². The van der Waals surface area contributed by atoms with Crippen LogP contribution in [0, 0.1) is 0 Å². The number of para-hydroxylation sites is 1. The van der Waals surface area contributed by atoms with Gasteiger partial charge in [-0.3, -0.25) is 0 Å². The van der Waals surface area contributed by atoms with Gasteiger partial charge in [-0.15, -0.1) is 0 Å². The second-order valence-electron chi connectivity index (χ2n) is 4.53. The van der Waals surface area contributed by atoms with Crippen LogP contribution in [0.5, 0.6) is 0 Å². The third-order valence-electron chi connectivity index (χ3n) is 2.89. The first kappa shape index (κ1) is 14.6. The van der Waals surface area contributed by atoms with Gasteiger partial charge in [0.25, 0.3) is 0 Å². The van der Waals surface area contributed by atoms with Crippen LogP contribution in [-0.4, -0.2) is 16.5 Å². The molecule has 0 aliphatic carbocycles. The number of unbranched alkanes of at least 4 members (excludes halogenated alkanes) is 2. The third kappa shape index (κ3) is 4.38. The molecule has 0 saturated heterocycles. The highest BCUT2D eigenvalue weighted by Gasteiger charge is 2.02. The lowest BCUT2D eigenvalue weighted by Gasteiger charge is -2.09. The molecular formula is C15H19ClN4. The van der Waals surface area contributed by atoms with Gasteiger partial charge in [0.05, 0.1) is 10.7 Å². The molecule has 0 radical (unpaired) electrons. The molecule has 0 unspecified atom stereocenters. The average molecular weight is 291 g/mol. The molecule has 4 nitrogen and oxygen atoms in total. The summed E-state index contributed by atoms with van der Waals surface area (Å²) in [4.78, 5) is 8.41. The molecule has 106 valence electrons. The fourth-order valence-corrected chi connectivity index (χ4v) is 2.00. The molecule has 0 fully saturated rings. The average Bonchev–Trinajstić information content (AvgIpc) is 2.47. The number of aromatic nitrogens is 2. The monoisotopic (exact) mass is 290 g/mol. The summed E-state index contributed by atoms with van der Waals surface area (Å²) < 4.78 is 0. The van der Waals surface area contributed by atoms with Crippen LogP contribution in [-0.2, 0) is 0 Å². The maximum absolute atomic E-state index is 6.11. The number of hydrogen-bond acceptors (Lipinski definition) is 4. The predicted octanol–water partition coefficient (Wildman–Crippen LogP) is 4.48. The SMILES string of the molecule is CCCCCNc1cc(Nc2ccccc2Cl)ncn1. The normalized spacial score (nSPS) is 10.3. The van der Waals surface area contributed by atoms with Gasteiger partial charge in [-0.25, -0.2) is 9.97 Å². The summed E-state index contributed by atoms with van der Waals surface area (Å²) in [5.41, 5.74) is 0.838. The van der Waals surface area contributed by atoms with Crippen molar-refractivity contribution in [2.24, 2.45) is 0 Å². The summed E-state index contributed by atoms with van der Waals surface area (Å²) in [6.07, 6.45) is 5.13. The van der Waals surface area contributed by atoms with E-state index in [0.717, 1.165) is 30.3 Å². The highest BCUT2D eigenvalue weighted by Crippen LogP contribution is 2.24. The van der Waals surface area contributed by atoms with Crippen LogP contribution in [0.4, 0.5) is 17.3 Å². The summed E-state index contributed by atoms with van der Waals surface area (Å²) in [5.74, 6) is 1.55. The van der Waals surface area contributed by atoms with Crippen molar-refractivity contribution in [1.82, 2.24) is 9.97 Å². The Morgan fingerprint density at radius 1 is 1.10 bits per heavy atom. The van der Waals surface area contributed by atoms with Crippen molar-refractivity contribution in [1.29, 1.82) is 0 Å². The predicted molar refractivity (Wildman–Crippen MR) is 84.8 cm³/mol. The smallest absolute Gasteiger partial charge is 0.135 e. The van der Waals surface area contributed by atoms with Gasteiger partial charge in [0.2, 0.25) is 0 Å². The second kappa shape index (κ2) is 7.70. The molecule has 2 N–H and O–H groups in total. The summed E-state index contributed by atoms with van der Waals surface area (Å²) in [5, 5.41) is 7.16. The molecule has 0 aliphatic heterocycles. The topological polar surface area (TPSA) is 49.8 Å². The molecule has 0 spiro atoms. The molecule has 2 aromatic rings. The molecule has 0 aliphatic rings. The van der Waals surface area contributed by atoms with E-state index in [1.165, 1.54) is 12.8 Å². The Morgan fingerprint density at radius 3 is 2.70 bits per heavy atom. The van der Waals surface area contributed by atoms with Crippen LogP contribution in [0.25, 0.3) is 0 Å². The van der Waals surface area contributed by atoms with Crippen molar-refractivity contribution in [2.45, 2.75) is 26.2 Å². The van der Waals surface area contributed by atoms with Crippen LogP contribution < -0.4 is 10.6 Å². The van der Waals surface area contributed by atoms with Gasteiger partial charge >= 0.3 is 0 Å². The van der Waals surface area contributed by atoms with Crippen LogP contribution in [0.15, 0.2) is 36.7 Å². The van der Waals surface area contributed by atoms with Crippen LogP contribution in [0.3, 0.4) is 0 Å². The van der Waals surface area contributed by atoms with Crippen molar-refractivity contribution >= 4 is 28.9 Å². The van der Waals surface area contributed by atoms with Gasteiger partial charge < -0.3 is 10.6 Å². The Morgan fingerprint density at radius 2 is 1.90 bits per heavy atom. The number of nitrogens with one attached hydrogen (secondary N) is 2. The largest absolute Gasteiger partial charge is 0.370 e. The number of hydrogen-bond donors (Lipinski definition) is 2.